The van der Waals surface area contributed by atoms with E-state index in [0.717, 1.165) is 5.69 Å². The highest BCUT2D eigenvalue weighted by atomic mass is 16.4. The van der Waals surface area contributed by atoms with Gasteiger partial charge in [0.25, 0.3) is 0 Å². The molecule has 80 valence electrons. The van der Waals surface area contributed by atoms with Gasteiger partial charge in [0.15, 0.2) is 5.58 Å². The molecule has 4 N–H and O–H groups in total. The second-order valence-electron chi connectivity index (χ2n) is 3.46. The Morgan fingerprint density at radius 1 is 1.47 bits per heavy atom. The largest absolute Gasteiger partial charge is 0.417 e. The molecule has 6 nitrogen and oxygen atoms in total. The molecule has 2 aromatic rings. The van der Waals surface area contributed by atoms with Crippen molar-refractivity contribution >= 4 is 22.5 Å². The van der Waals surface area contributed by atoms with E-state index in [4.69, 9.17) is 10.2 Å². The third kappa shape index (κ3) is 1.79. The van der Waals surface area contributed by atoms with Gasteiger partial charge in [0.1, 0.15) is 0 Å². The second-order valence-corrected chi connectivity index (χ2v) is 3.46. The minimum atomic E-state index is -0.480. The zero-order chi connectivity index (χ0) is 11.0. The van der Waals surface area contributed by atoms with E-state index in [9.17, 15) is 4.79 Å². The molecule has 0 amide bonds. The molecule has 0 saturated heterocycles. The maximum absolute atomic E-state index is 10.9. The zero-order valence-electron chi connectivity index (χ0n) is 8.50. The van der Waals surface area contributed by atoms with E-state index in [-0.39, 0.29) is 0 Å². The monoisotopic (exact) mass is 208 g/mol. The molecule has 0 radical (unpaired) electrons. The number of benzene rings is 1. The standard InChI is InChI=1S/C9H12N4O2/c1-13(2)12-6-4-7-8(3-5(6)10)15-9(14)11-7/h3-4,12H,10H2,1-2H3,(H,11,14). The minimum Gasteiger partial charge on any atom is -0.408 e. The summed E-state index contributed by atoms with van der Waals surface area (Å²) >= 11 is 0. The fraction of sp³-hybridized carbons (Fsp3) is 0.222. The van der Waals surface area contributed by atoms with Crippen molar-refractivity contribution in [2.24, 2.45) is 0 Å². The van der Waals surface area contributed by atoms with E-state index >= 15 is 0 Å². The van der Waals surface area contributed by atoms with Crippen molar-refractivity contribution in [1.29, 1.82) is 0 Å². The Kier molecular flexibility index (Phi) is 2.12. The van der Waals surface area contributed by atoms with Crippen LogP contribution in [0.15, 0.2) is 21.3 Å². The summed E-state index contributed by atoms with van der Waals surface area (Å²) in [4.78, 5) is 13.5. The van der Waals surface area contributed by atoms with E-state index in [1.54, 1.807) is 17.1 Å². The highest BCUT2D eigenvalue weighted by Gasteiger charge is 2.06. The lowest BCUT2D eigenvalue weighted by atomic mass is 10.2. The molecule has 0 spiro atoms. The summed E-state index contributed by atoms with van der Waals surface area (Å²) in [5, 5.41) is 1.76. The lowest BCUT2D eigenvalue weighted by Gasteiger charge is -2.14. The zero-order valence-corrected chi connectivity index (χ0v) is 8.50. The number of rotatable bonds is 2. The van der Waals surface area contributed by atoms with Gasteiger partial charge in [-0.1, -0.05) is 0 Å². The van der Waals surface area contributed by atoms with Gasteiger partial charge < -0.3 is 15.6 Å². The van der Waals surface area contributed by atoms with Crippen LogP contribution in [0.25, 0.3) is 11.1 Å². The number of fused-ring (bicyclic) bond motifs is 1. The van der Waals surface area contributed by atoms with Crippen molar-refractivity contribution in [2.45, 2.75) is 0 Å². The molecule has 0 atom stereocenters. The second kappa shape index (κ2) is 3.32. The van der Waals surface area contributed by atoms with E-state index in [1.165, 1.54) is 0 Å². The first-order chi connectivity index (χ1) is 7.06. The molecular weight excluding hydrogens is 196 g/mol. The molecular formula is C9H12N4O2. The SMILES string of the molecule is CN(C)Nc1cc2[nH]c(=O)oc2cc1N. The Hall–Kier alpha value is -1.95. The van der Waals surface area contributed by atoms with Gasteiger partial charge >= 0.3 is 5.76 Å². The fourth-order valence-electron chi connectivity index (χ4n) is 1.35. The first kappa shape index (κ1) is 9.60. The van der Waals surface area contributed by atoms with E-state index < -0.39 is 5.76 Å². The molecule has 0 unspecified atom stereocenters. The molecule has 0 aliphatic heterocycles. The molecule has 6 heteroatoms. The van der Waals surface area contributed by atoms with Gasteiger partial charge in [-0.3, -0.25) is 4.98 Å². The van der Waals surface area contributed by atoms with Crippen molar-refractivity contribution in [3.63, 3.8) is 0 Å². The summed E-state index contributed by atoms with van der Waals surface area (Å²) in [6.45, 7) is 0. The number of hydrogen-bond acceptors (Lipinski definition) is 5. The van der Waals surface area contributed by atoms with E-state index in [2.05, 4.69) is 10.4 Å². The number of hydrogen-bond donors (Lipinski definition) is 3. The van der Waals surface area contributed by atoms with Gasteiger partial charge in [-0.25, -0.2) is 9.80 Å². The minimum absolute atomic E-state index is 0.460. The number of oxazole rings is 1. The molecule has 2 rings (SSSR count). The maximum atomic E-state index is 10.9. The summed E-state index contributed by atoms with van der Waals surface area (Å²) in [6.07, 6.45) is 0. The van der Waals surface area contributed by atoms with Crippen LogP contribution in [0.5, 0.6) is 0 Å². The number of aromatic amines is 1. The Morgan fingerprint density at radius 3 is 2.87 bits per heavy atom. The molecule has 1 heterocycles. The number of anilines is 2. The maximum Gasteiger partial charge on any atom is 0.417 e. The van der Waals surface area contributed by atoms with E-state index in [0.29, 0.717) is 16.8 Å². The van der Waals surface area contributed by atoms with Crippen LogP contribution in [-0.2, 0) is 0 Å². The van der Waals surface area contributed by atoms with Gasteiger partial charge in [0, 0.05) is 20.2 Å². The van der Waals surface area contributed by atoms with Gasteiger partial charge in [-0.2, -0.15) is 0 Å². The highest BCUT2D eigenvalue weighted by molar-refractivity contribution is 5.84. The van der Waals surface area contributed by atoms with Gasteiger partial charge in [0.2, 0.25) is 0 Å². The average molecular weight is 208 g/mol. The van der Waals surface area contributed by atoms with Crippen LogP contribution >= 0.6 is 0 Å². The molecule has 0 saturated carbocycles. The Balaban J connectivity index is 2.56. The quantitative estimate of drug-likeness (QED) is 0.496. The van der Waals surface area contributed by atoms with Crippen LogP contribution in [0.1, 0.15) is 0 Å². The summed E-state index contributed by atoms with van der Waals surface area (Å²) in [6, 6.07) is 3.34. The molecule has 0 fully saturated rings. The molecule has 1 aromatic heterocycles. The van der Waals surface area contributed by atoms with Crippen LogP contribution in [-0.4, -0.2) is 24.1 Å². The lowest BCUT2D eigenvalue weighted by molar-refractivity contribution is 0.496. The first-order valence-electron chi connectivity index (χ1n) is 4.42. The average Bonchev–Trinajstić information content (AvgIpc) is 2.44. The number of aromatic nitrogens is 1. The molecule has 15 heavy (non-hydrogen) atoms. The molecule has 0 aliphatic carbocycles. The Labute approximate surface area is 85.6 Å². The number of nitrogens with zero attached hydrogens (tertiary/aromatic N) is 1. The number of nitrogens with two attached hydrogens (primary N) is 1. The summed E-state index contributed by atoms with van der Waals surface area (Å²) < 4.78 is 4.88. The number of nitrogen functional groups attached to an aromatic ring is 1. The number of H-pyrrole nitrogens is 1. The normalized spacial score (nSPS) is 11.1. The van der Waals surface area contributed by atoms with E-state index in [1.807, 2.05) is 14.1 Å². The molecule has 1 aromatic carbocycles. The lowest BCUT2D eigenvalue weighted by Crippen LogP contribution is -2.20. The predicted molar refractivity (Wildman–Crippen MR) is 58.6 cm³/mol. The van der Waals surface area contributed by atoms with Crippen molar-refractivity contribution in [1.82, 2.24) is 9.99 Å². The third-order valence-electron chi connectivity index (χ3n) is 1.94. The topological polar surface area (TPSA) is 87.3 Å². The van der Waals surface area contributed by atoms with Crippen molar-refractivity contribution in [3.05, 3.63) is 22.7 Å². The van der Waals surface area contributed by atoms with Crippen LogP contribution in [0.2, 0.25) is 0 Å². The highest BCUT2D eigenvalue weighted by Crippen LogP contribution is 2.24. The molecule has 0 aliphatic rings. The Morgan fingerprint density at radius 2 is 2.20 bits per heavy atom. The van der Waals surface area contributed by atoms with Gasteiger partial charge in [-0.15, -0.1) is 0 Å². The predicted octanol–water partition coefficient (Wildman–Crippen LogP) is 0.592. The van der Waals surface area contributed by atoms with Crippen molar-refractivity contribution in [2.75, 3.05) is 25.3 Å². The van der Waals surface area contributed by atoms with Crippen molar-refractivity contribution in [3.8, 4) is 0 Å². The van der Waals surface area contributed by atoms with Gasteiger partial charge in [-0.05, 0) is 6.07 Å². The summed E-state index contributed by atoms with van der Waals surface area (Å²) in [5.74, 6) is -0.480. The fourth-order valence-corrected chi connectivity index (χ4v) is 1.35. The van der Waals surface area contributed by atoms with Crippen LogP contribution in [0.4, 0.5) is 11.4 Å². The first-order valence-corrected chi connectivity index (χ1v) is 4.42. The van der Waals surface area contributed by atoms with Crippen LogP contribution in [0, 0.1) is 0 Å². The van der Waals surface area contributed by atoms with Gasteiger partial charge in [0.05, 0.1) is 16.9 Å². The third-order valence-corrected chi connectivity index (χ3v) is 1.94. The number of hydrazine groups is 1. The summed E-state index contributed by atoms with van der Waals surface area (Å²) in [7, 11) is 3.70. The van der Waals surface area contributed by atoms with Crippen molar-refractivity contribution < 1.29 is 4.42 Å². The van der Waals surface area contributed by atoms with Crippen LogP contribution in [0.3, 0.4) is 0 Å². The smallest absolute Gasteiger partial charge is 0.408 e. The summed E-state index contributed by atoms with van der Waals surface area (Å²) in [5.41, 5.74) is 11.1. The van der Waals surface area contributed by atoms with Crippen LogP contribution < -0.4 is 16.9 Å². The number of nitrogens with one attached hydrogen (secondary N) is 2. The Bertz CT molecular complexity index is 541. The molecule has 0 bridgehead atoms.